The molecule has 1 heterocycles. The third-order valence-electron chi connectivity index (χ3n) is 4.11. The van der Waals surface area contributed by atoms with Crippen LogP contribution in [0.15, 0.2) is 71.6 Å². The van der Waals surface area contributed by atoms with E-state index in [1.165, 1.54) is 21.9 Å². The van der Waals surface area contributed by atoms with Gasteiger partial charge in [0.2, 0.25) is 0 Å². The molecular formula is C21H23N3O3S2. The summed E-state index contributed by atoms with van der Waals surface area (Å²) in [6.45, 7) is 3.98. The highest BCUT2D eigenvalue weighted by molar-refractivity contribution is 7.92. The maximum Gasteiger partial charge on any atom is 0.319 e. The lowest BCUT2D eigenvalue weighted by Crippen LogP contribution is -2.37. The summed E-state index contributed by atoms with van der Waals surface area (Å²) in [6.07, 6.45) is 0.737. The van der Waals surface area contributed by atoms with Gasteiger partial charge >= 0.3 is 6.03 Å². The van der Waals surface area contributed by atoms with E-state index in [2.05, 4.69) is 27.5 Å². The number of aryl methyl sites for hydroxylation is 1. The standard InChI is InChI=1S/C21H23N3O3S2/c1-15(13-19-12-11-16(2)28-19)22-21(25)23-18-9-6-10-20(14-18)29(26,27)24-17-7-4-3-5-8-17/h3-12,14-15,24H,13H2,1-2H3,(H2,22,23,25)/t15-/m1/s1. The second-order valence-electron chi connectivity index (χ2n) is 6.72. The van der Waals surface area contributed by atoms with Gasteiger partial charge in [0.05, 0.1) is 4.90 Å². The van der Waals surface area contributed by atoms with Gasteiger partial charge in [-0.15, -0.1) is 11.3 Å². The Hall–Kier alpha value is -2.84. The molecule has 8 heteroatoms. The van der Waals surface area contributed by atoms with Crippen molar-refractivity contribution in [2.45, 2.75) is 31.2 Å². The summed E-state index contributed by atoms with van der Waals surface area (Å²) < 4.78 is 27.7. The van der Waals surface area contributed by atoms with E-state index in [4.69, 9.17) is 0 Å². The zero-order chi connectivity index (χ0) is 20.9. The van der Waals surface area contributed by atoms with Gasteiger partial charge in [-0.3, -0.25) is 4.72 Å². The van der Waals surface area contributed by atoms with Crippen LogP contribution in [0.1, 0.15) is 16.7 Å². The molecule has 0 fully saturated rings. The second kappa shape index (κ2) is 9.11. The lowest BCUT2D eigenvalue weighted by molar-refractivity contribution is 0.249. The molecule has 0 radical (unpaired) electrons. The first kappa shape index (κ1) is 20.9. The van der Waals surface area contributed by atoms with E-state index in [-0.39, 0.29) is 17.0 Å². The molecule has 0 saturated carbocycles. The molecule has 0 unspecified atom stereocenters. The minimum Gasteiger partial charge on any atom is -0.335 e. The first-order valence-corrected chi connectivity index (χ1v) is 11.4. The molecule has 0 aliphatic rings. The lowest BCUT2D eigenvalue weighted by atomic mass is 10.2. The smallest absolute Gasteiger partial charge is 0.319 e. The van der Waals surface area contributed by atoms with Gasteiger partial charge in [0.25, 0.3) is 10.0 Å². The summed E-state index contributed by atoms with van der Waals surface area (Å²) in [5, 5.41) is 5.58. The van der Waals surface area contributed by atoms with Crippen LogP contribution < -0.4 is 15.4 Å². The van der Waals surface area contributed by atoms with Gasteiger partial charge < -0.3 is 10.6 Å². The Bertz CT molecular complexity index is 1080. The zero-order valence-electron chi connectivity index (χ0n) is 16.2. The Morgan fingerprint density at radius 1 is 1.00 bits per heavy atom. The van der Waals surface area contributed by atoms with Crippen molar-refractivity contribution >= 4 is 38.8 Å². The van der Waals surface area contributed by atoms with Gasteiger partial charge in [-0.05, 0) is 56.3 Å². The molecular weight excluding hydrogens is 406 g/mol. The maximum atomic E-state index is 12.6. The normalized spacial score (nSPS) is 12.2. The molecule has 0 bridgehead atoms. The SMILES string of the molecule is Cc1ccc(C[C@@H](C)NC(=O)Nc2cccc(S(=O)(=O)Nc3ccccc3)c2)s1. The second-order valence-corrected chi connectivity index (χ2v) is 9.77. The predicted octanol–water partition coefficient (Wildman–Crippen LogP) is 4.61. The molecule has 1 atom stereocenters. The van der Waals surface area contributed by atoms with Crippen molar-refractivity contribution in [3.63, 3.8) is 0 Å². The molecule has 1 aromatic heterocycles. The first-order valence-electron chi connectivity index (χ1n) is 9.12. The number of sulfonamides is 1. The topological polar surface area (TPSA) is 87.3 Å². The third-order valence-corrected chi connectivity index (χ3v) is 6.51. The van der Waals surface area contributed by atoms with Crippen LogP contribution in [0.3, 0.4) is 0 Å². The fraction of sp³-hybridized carbons (Fsp3) is 0.190. The maximum absolute atomic E-state index is 12.6. The number of hydrogen-bond donors (Lipinski definition) is 3. The van der Waals surface area contributed by atoms with E-state index in [0.717, 1.165) is 6.42 Å². The summed E-state index contributed by atoms with van der Waals surface area (Å²) in [6, 6.07) is 18.5. The van der Waals surface area contributed by atoms with E-state index in [1.54, 1.807) is 47.7 Å². The average Bonchev–Trinajstić information content (AvgIpc) is 3.06. The number of hydrogen-bond acceptors (Lipinski definition) is 4. The van der Waals surface area contributed by atoms with E-state index in [1.807, 2.05) is 19.9 Å². The number of benzene rings is 2. The number of urea groups is 1. The number of para-hydroxylation sites is 1. The molecule has 0 spiro atoms. The van der Waals surface area contributed by atoms with Crippen LogP contribution in [0, 0.1) is 6.92 Å². The summed E-state index contributed by atoms with van der Waals surface area (Å²) in [5.74, 6) is 0. The highest BCUT2D eigenvalue weighted by atomic mass is 32.2. The van der Waals surface area contributed by atoms with Crippen molar-refractivity contribution < 1.29 is 13.2 Å². The van der Waals surface area contributed by atoms with Gasteiger partial charge in [-0.2, -0.15) is 0 Å². The van der Waals surface area contributed by atoms with Crippen molar-refractivity contribution in [2.75, 3.05) is 10.0 Å². The Morgan fingerprint density at radius 2 is 1.72 bits per heavy atom. The van der Waals surface area contributed by atoms with Gasteiger partial charge in [-0.25, -0.2) is 13.2 Å². The molecule has 152 valence electrons. The minimum atomic E-state index is -3.75. The van der Waals surface area contributed by atoms with Crippen molar-refractivity contribution in [1.29, 1.82) is 0 Å². The Labute approximate surface area is 175 Å². The van der Waals surface area contributed by atoms with E-state index in [0.29, 0.717) is 11.4 Å². The van der Waals surface area contributed by atoms with Gasteiger partial charge in [0.1, 0.15) is 0 Å². The van der Waals surface area contributed by atoms with E-state index < -0.39 is 10.0 Å². The Kier molecular flexibility index (Phi) is 6.56. The number of amides is 2. The molecule has 2 amide bonds. The largest absolute Gasteiger partial charge is 0.335 e. The summed E-state index contributed by atoms with van der Waals surface area (Å²) in [5.41, 5.74) is 0.874. The average molecular weight is 430 g/mol. The Balaban J connectivity index is 1.62. The van der Waals surface area contributed by atoms with Crippen LogP contribution in [0.2, 0.25) is 0 Å². The molecule has 0 aliphatic heterocycles. The van der Waals surface area contributed by atoms with Crippen LogP contribution in [-0.4, -0.2) is 20.5 Å². The zero-order valence-corrected chi connectivity index (χ0v) is 17.8. The highest BCUT2D eigenvalue weighted by Gasteiger charge is 2.16. The quantitative estimate of drug-likeness (QED) is 0.512. The summed E-state index contributed by atoms with van der Waals surface area (Å²) in [4.78, 5) is 14.8. The molecule has 0 aliphatic carbocycles. The number of anilines is 2. The summed E-state index contributed by atoms with van der Waals surface area (Å²) >= 11 is 1.71. The fourth-order valence-electron chi connectivity index (χ4n) is 2.80. The first-order chi connectivity index (χ1) is 13.8. The van der Waals surface area contributed by atoms with Crippen molar-refractivity contribution in [3.8, 4) is 0 Å². The minimum absolute atomic E-state index is 0.0558. The monoisotopic (exact) mass is 429 g/mol. The molecule has 3 rings (SSSR count). The van der Waals surface area contributed by atoms with Crippen LogP contribution >= 0.6 is 11.3 Å². The van der Waals surface area contributed by atoms with Crippen LogP contribution in [-0.2, 0) is 16.4 Å². The third kappa shape index (κ3) is 6.07. The molecule has 2 aromatic carbocycles. The number of rotatable bonds is 7. The van der Waals surface area contributed by atoms with Crippen LogP contribution in [0.25, 0.3) is 0 Å². The van der Waals surface area contributed by atoms with Crippen LogP contribution in [0.4, 0.5) is 16.2 Å². The highest BCUT2D eigenvalue weighted by Crippen LogP contribution is 2.20. The van der Waals surface area contributed by atoms with Crippen molar-refractivity contribution in [2.24, 2.45) is 0 Å². The van der Waals surface area contributed by atoms with Gasteiger partial charge in [0, 0.05) is 33.6 Å². The predicted molar refractivity (Wildman–Crippen MR) is 118 cm³/mol. The van der Waals surface area contributed by atoms with Gasteiger partial charge in [0.15, 0.2) is 0 Å². The van der Waals surface area contributed by atoms with Crippen molar-refractivity contribution in [3.05, 3.63) is 76.5 Å². The molecule has 3 N–H and O–H groups in total. The van der Waals surface area contributed by atoms with Crippen molar-refractivity contribution in [1.82, 2.24) is 5.32 Å². The van der Waals surface area contributed by atoms with E-state index >= 15 is 0 Å². The summed E-state index contributed by atoms with van der Waals surface area (Å²) in [7, 11) is -3.75. The number of carbonyl (C=O) groups excluding carboxylic acids is 1. The molecule has 29 heavy (non-hydrogen) atoms. The fourth-order valence-corrected chi connectivity index (χ4v) is 4.92. The molecule has 0 saturated heterocycles. The number of carbonyl (C=O) groups is 1. The Morgan fingerprint density at radius 3 is 2.41 bits per heavy atom. The lowest BCUT2D eigenvalue weighted by Gasteiger charge is -2.14. The molecule has 6 nitrogen and oxygen atoms in total. The van der Waals surface area contributed by atoms with Crippen LogP contribution in [0.5, 0.6) is 0 Å². The van der Waals surface area contributed by atoms with E-state index in [9.17, 15) is 13.2 Å². The van der Waals surface area contributed by atoms with Gasteiger partial charge in [-0.1, -0.05) is 24.3 Å². The number of thiophene rings is 1. The molecule has 3 aromatic rings. The number of nitrogens with one attached hydrogen (secondary N) is 3.